The second kappa shape index (κ2) is 9.04. The molecule has 0 spiro atoms. The summed E-state index contributed by atoms with van der Waals surface area (Å²) in [5, 5.41) is 2.83. The highest BCUT2D eigenvalue weighted by atomic mass is 16.6. The first-order valence-electron chi connectivity index (χ1n) is 8.71. The smallest absolute Gasteiger partial charge is 0.348 e. The highest BCUT2D eigenvalue weighted by Crippen LogP contribution is 2.20. The van der Waals surface area contributed by atoms with Gasteiger partial charge in [0, 0.05) is 5.69 Å². The fraction of sp³-hybridized carbons (Fsp3) is 0.333. The Labute approximate surface area is 154 Å². The molecule has 0 aromatic heterocycles. The van der Waals surface area contributed by atoms with Crippen LogP contribution in [0.15, 0.2) is 48.5 Å². The molecule has 1 N–H and O–H groups in total. The number of hydrogen-bond acceptors (Lipinski definition) is 4. The molecule has 2 aromatic rings. The van der Waals surface area contributed by atoms with Crippen molar-refractivity contribution in [2.24, 2.45) is 0 Å². The number of esters is 1. The molecule has 0 aliphatic rings. The Balaban J connectivity index is 1.97. The summed E-state index contributed by atoms with van der Waals surface area (Å²) in [5.41, 5.74) is 2.65. The molecule has 5 heteroatoms. The van der Waals surface area contributed by atoms with Gasteiger partial charge < -0.3 is 14.8 Å². The Kier molecular flexibility index (Phi) is 6.78. The number of ether oxygens (including phenoxy) is 2. The van der Waals surface area contributed by atoms with E-state index in [-0.39, 0.29) is 5.91 Å². The number of rotatable bonds is 7. The van der Waals surface area contributed by atoms with Crippen LogP contribution >= 0.6 is 0 Å². The quantitative estimate of drug-likeness (QED) is 0.762. The summed E-state index contributed by atoms with van der Waals surface area (Å²) in [4.78, 5) is 24.7. The summed E-state index contributed by atoms with van der Waals surface area (Å²) in [6, 6.07) is 14.8. The molecular formula is C21H25NO4. The molecule has 2 rings (SSSR count). The third-order valence-corrected chi connectivity index (χ3v) is 4.05. The number of anilines is 1. The lowest BCUT2D eigenvalue weighted by Crippen LogP contribution is -2.36. The third-order valence-electron chi connectivity index (χ3n) is 4.05. The van der Waals surface area contributed by atoms with Gasteiger partial charge in [0.15, 0.2) is 12.2 Å². The zero-order chi connectivity index (χ0) is 19.1. The van der Waals surface area contributed by atoms with Gasteiger partial charge in [0.2, 0.25) is 0 Å². The van der Waals surface area contributed by atoms with Gasteiger partial charge in [-0.25, -0.2) is 4.79 Å². The molecule has 0 unspecified atom stereocenters. The molecule has 138 valence electrons. The highest BCUT2D eigenvalue weighted by molar-refractivity contribution is 5.96. The number of benzene rings is 2. The van der Waals surface area contributed by atoms with E-state index < -0.39 is 18.2 Å². The van der Waals surface area contributed by atoms with Crippen LogP contribution in [0.4, 0.5) is 5.69 Å². The van der Waals surface area contributed by atoms with Crippen molar-refractivity contribution in [1.82, 2.24) is 0 Å². The van der Waals surface area contributed by atoms with Gasteiger partial charge in [0.05, 0.1) is 0 Å². The number of nitrogens with one attached hydrogen (secondary N) is 1. The largest absolute Gasteiger partial charge is 0.479 e. The zero-order valence-electron chi connectivity index (χ0n) is 15.6. The summed E-state index contributed by atoms with van der Waals surface area (Å²) < 4.78 is 11.0. The number of aryl methyl sites for hydroxylation is 2. The second-order valence-electron chi connectivity index (χ2n) is 6.16. The van der Waals surface area contributed by atoms with E-state index >= 15 is 0 Å². The molecule has 0 heterocycles. The lowest BCUT2D eigenvalue weighted by molar-refractivity contribution is -0.160. The maximum absolute atomic E-state index is 12.4. The fourth-order valence-corrected chi connectivity index (χ4v) is 2.50. The van der Waals surface area contributed by atoms with Crippen molar-refractivity contribution in [3.05, 3.63) is 59.7 Å². The minimum absolute atomic E-state index is 0.370. The van der Waals surface area contributed by atoms with Crippen LogP contribution in [0.2, 0.25) is 0 Å². The Morgan fingerprint density at radius 1 is 1.00 bits per heavy atom. The van der Waals surface area contributed by atoms with Crippen molar-refractivity contribution in [3.63, 3.8) is 0 Å². The Morgan fingerprint density at radius 2 is 1.62 bits per heavy atom. The van der Waals surface area contributed by atoms with Crippen LogP contribution in [0.25, 0.3) is 0 Å². The molecule has 0 bridgehead atoms. The van der Waals surface area contributed by atoms with E-state index in [0.717, 1.165) is 16.8 Å². The lowest BCUT2D eigenvalue weighted by Gasteiger charge is -2.20. The molecule has 0 aliphatic carbocycles. The van der Waals surface area contributed by atoms with Gasteiger partial charge in [-0.15, -0.1) is 0 Å². The zero-order valence-corrected chi connectivity index (χ0v) is 15.6. The normalized spacial score (nSPS) is 12.8. The molecule has 0 saturated heterocycles. The van der Waals surface area contributed by atoms with E-state index in [1.54, 1.807) is 19.1 Å². The van der Waals surface area contributed by atoms with Crippen LogP contribution in [0.3, 0.4) is 0 Å². The maximum atomic E-state index is 12.4. The van der Waals surface area contributed by atoms with Crippen molar-refractivity contribution in [2.45, 2.75) is 46.3 Å². The highest BCUT2D eigenvalue weighted by Gasteiger charge is 2.25. The van der Waals surface area contributed by atoms with E-state index in [0.29, 0.717) is 12.2 Å². The minimum atomic E-state index is -0.921. The Hall–Kier alpha value is -2.82. The second-order valence-corrected chi connectivity index (χ2v) is 6.16. The van der Waals surface area contributed by atoms with Crippen LogP contribution in [-0.2, 0) is 14.3 Å². The van der Waals surface area contributed by atoms with E-state index in [1.807, 2.05) is 57.2 Å². The Bertz CT molecular complexity index is 738. The van der Waals surface area contributed by atoms with Crippen molar-refractivity contribution in [3.8, 4) is 5.75 Å². The molecule has 0 saturated carbocycles. The standard InChI is InChI=1S/C21H25NO4/c1-5-18(26-17-12-7-6-8-13-17)21(24)25-16(4)20(23)22-19-14(2)10-9-11-15(19)3/h6-13,16,18H,5H2,1-4H3,(H,22,23)/t16-,18+/m1/s1. The van der Waals surface area contributed by atoms with E-state index in [2.05, 4.69) is 5.32 Å². The molecule has 5 nitrogen and oxygen atoms in total. The molecular weight excluding hydrogens is 330 g/mol. The van der Waals surface area contributed by atoms with Gasteiger partial charge in [0.25, 0.3) is 5.91 Å². The number of carbonyl (C=O) groups is 2. The molecule has 0 aliphatic heterocycles. The van der Waals surface area contributed by atoms with Crippen LogP contribution in [0.1, 0.15) is 31.4 Å². The molecule has 1 amide bonds. The van der Waals surface area contributed by atoms with Crippen molar-refractivity contribution < 1.29 is 19.1 Å². The summed E-state index contributed by atoms with van der Waals surface area (Å²) in [6.45, 7) is 7.21. The molecule has 26 heavy (non-hydrogen) atoms. The van der Waals surface area contributed by atoms with Gasteiger partial charge in [0.1, 0.15) is 5.75 Å². The third kappa shape index (κ3) is 5.09. The van der Waals surface area contributed by atoms with E-state index in [9.17, 15) is 9.59 Å². The maximum Gasteiger partial charge on any atom is 0.348 e. The van der Waals surface area contributed by atoms with Crippen molar-refractivity contribution >= 4 is 17.6 Å². The Morgan fingerprint density at radius 3 is 2.19 bits per heavy atom. The van der Waals surface area contributed by atoms with E-state index in [4.69, 9.17) is 9.47 Å². The van der Waals surface area contributed by atoms with Crippen LogP contribution < -0.4 is 10.1 Å². The fourth-order valence-electron chi connectivity index (χ4n) is 2.50. The first-order chi connectivity index (χ1) is 12.4. The average molecular weight is 355 g/mol. The minimum Gasteiger partial charge on any atom is -0.479 e. The van der Waals surface area contributed by atoms with Crippen LogP contribution in [-0.4, -0.2) is 24.1 Å². The predicted octanol–water partition coefficient (Wildman–Crippen LogP) is 4.03. The molecule has 2 atom stereocenters. The van der Waals surface area contributed by atoms with Gasteiger partial charge >= 0.3 is 5.97 Å². The molecule has 0 fully saturated rings. The van der Waals surface area contributed by atoms with Crippen molar-refractivity contribution in [2.75, 3.05) is 5.32 Å². The SMILES string of the molecule is CC[C@H](Oc1ccccc1)C(=O)O[C@H](C)C(=O)Nc1c(C)cccc1C. The summed E-state index contributed by atoms with van der Waals surface area (Å²) in [7, 11) is 0. The first kappa shape index (κ1) is 19.5. The molecule has 2 aromatic carbocycles. The number of para-hydroxylation sites is 2. The average Bonchev–Trinajstić information content (AvgIpc) is 2.63. The van der Waals surface area contributed by atoms with Gasteiger partial charge in [-0.2, -0.15) is 0 Å². The van der Waals surface area contributed by atoms with Crippen LogP contribution in [0.5, 0.6) is 5.75 Å². The van der Waals surface area contributed by atoms with E-state index in [1.165, 1.54) is 0 Å². The van der Waals surface area contributed by atoms with Gasteiger partial charge in [-0.3, -0.25) is 4.79 Å². The number of amides is 1. The van der Waals surface area contributed by atoms with Crippen molar-refractivity contribution in [1.29, 1.82) is 0 Å². The summed E-state index contributed by atoms with van der Waals surface area (Å²) in [5.74, 6) is -0.338. The summed E-state index contributed by atoms with van der Waals surface area (Å²) in [6.07, 6.45) is -1.23. The topological polar surface area (TPSA) is 64.6 Å². The predicted molar refractivity (Wildman–Crippen MR) is 101 cm³/mol. The van der Waals surface area contributed by atoms with Gasteiger partial charge in [-0.05, 0) is 50.5 Å². The van der Waals surface area contributed by atoms with Gasteiger partial charge in [-0.1, -0.05) is 43.3 Å². The number of hydrogen-bond donors (Lipinski definition) is 1. The summed E-state index contributed by atoms with van der Waals surface area (Å²) >= 11 is 0. The monoisotopic (exact) mass is 355 g/mol. The van der Waals surface area contributed by atoms with Crippen LogP contribution in [0, 0.1) is 13.8 Å². The molecule has 0 radical (unpaired) electrons. The number of carbonyl (C=O) groups excluding carboxylic acids is 2. The first-order valence-corrected chi connectivity index (χ1v) is 8.71. The lowest BCUT2D eigenvalue weighted by atomic mass is 10.1.